The third kappa shape index (κ3) is 5.19. The lowest BCUT2D eigenvalue weighted by Gasteiger charge is -2.24. The average molecular weight is 399 g/mol. The highest BCUT2D eigenvalue weighted by atomic mass is 35.5. The number of nitrogens with zero attached hydrogens (tertiary/aromatic N) is 1. The summed E-state index contributed by atoms with van der Waals surface area (Å²) in [5.74, 6) is -0.978. The van der Waals surface area contributed by atoms with Crippen LogP contribution in [0.2, 0.25) is 5.02 Å². The molecule has 0 unspecified atom stereocenters. The molecule has 5 nitrogen and oxygen atoms in total. The molecule has 140 valence electrons. The second-order valence-electron chi connectivity index (χ2n) is 6.05. The van der Waals surface area contributed by atoms with Gasteiger partial charge in [-0.3, -0.25) is 9.10 Å². The number of halogens is 2. The van der Waals surface area contributed by atoms with E-state index in [0.29, 0.717) is 11.4 Å². The molecule has 0 aliphatic rings. The summed E-state index contributed by atoms with van der Waals surface area (Å²) >= 11 is 5.68. The molecule has 26 heavy (non-hydrogen) atoms. The van der Waals surface area contributed by atoms with Crippen molar-refractivity contribution in [3.05, 3.63) is 58.4 Å². The van der Waals surface area contributed by atoms with Crippen molar-refractivity contribution >= 4 is 38.9 Å². The van der Waals surface area contributed by atoms with Crippen molar-refractivity contribution in [3.8, 4) is 0 Å². The highest BCUT2D eigenvalue weighted by Gasteiger charge is 2.20. The van der Waals surface area contributed by atoms with Crippen molar-refractivity contribution in [1.29, 1.82) is 0 Å². The van der Waals surface area contributed by atoms with Crippen molar-refractivity contribution in [2.24, 2.45) is 0 Å². The Morgan fingerprint density at radius 2 is 1.88 bits per heavy atom. The number of aryl methyl sites for hydroxylation is 2. The van der Waals surface area contributed by atoms with Crippen LogP contribution in [-0.2, 0) is 14.8 Å². The molecule has 1 N–H and O–H groups in total. The SMILES string of the molecule is Cc1ccc(N(CCC(=O)Nc2ccc(F)c(Cl)c2)S(C)(=O)=O)c(C)c1. The van der Waals surface area contributed by atoms with Gasteiger partial charge in [0.15, 0.2) is 0 Å². The lowest BCUT2D eigenvalue weighted by Crippen LogP contribution is -2.33. The van der Waals surface area contributed by atoms with Crippen LogP contribution >= 0.6 is 11.6 Å². The zero-order chi connectivity index (χ0) is 19.5. The standard InChI is InChI=1S/C18H20ClFN2O3S/c1-12-4-7-17(13(2)10-12)22(26(3,24)25)9-8-18(23)21-14-5-6-16(20)15(19)11-14/h4-7,10-11H,8-9H2,1-3H3,(H,21,23). The molecule has 0 atom stereocenters. The number of carbonyl (C=O) groups excluding carboxylic acids is 1. The van der Waals surface area contributed by atoms with Gasteiger partial charge in [0.2, 0.25) is 15.9 Å². The summed E-state index contributed by atoms with van der Waals surface area (Å²) in [6.45, 7) is 3.73. The molecule has 8 heteroatoms. The van der Waals surface area contributed by atoms with E-state index in [9.17, 15) is 17.6 Å². The maximum atomic E-state index is 13.2. The Labute approximate surface area is 157 Å². The Bertz CT molecular complexity index is 932. The molecule has 0 saturated carbocycles. The van der Waals surface area contributed by atoms with E-state index in [0.717, 1.165) is 23.4 Å². The van der Waals surface area contributed by atoms with E-state index in [1.165, 1.54) is 16.4 Å². The van der Waals surface area contributed by atoms with Gasteiger partial charge in [0, 0.05) is 18.7 Å². The zero-order valence-electron chi connectivity index (χ0n) is 14.7. The minimum absolute atomic E-state index is 0.0104. The van der Waals surface area contributed by atoms with Crippen molar-refractivity contribution in [2.45, 2.75) is 20.3 Å². The molecule has 1 amide bonds. The van der Waals surface area contributed by atoms with Gasteiger partial charge in [-0.1, -0.05) is 29.3 Å². The van der Waals surface area contributed by atoms with Gasteiger partial charge in [0.1, 0.15) is 5.82 Å². The molecule has 0 aliphatic carbocycles. The number of sulfonamides is 1. The number of amides is 1. The highest BCUT2D eigenvalue weighted by Crippen LogP contribution is 2.24. The maximum absolute atomic E-state index is 13.2. The first-order valence-corrected chi connectivity index (χ1v) is 10.1. The van der Waals surface area contributed by atoms with E-state index in [4.69, 9.17) is 11.6 Å². The normalized spacial score (nSPS) is 11.3. The Kier molecular flexibility index (Phi) is 6.26. The van der Waals surface area contributed by atoms with E-state index in [1.54, 1.807) is 6.07 Å². The van der Waals surface area contributed by atoms with Crippen LogP contribution in [0.3, 0.4) is 0 Å². The number of benzene rings is 2. The molecule has 0 radical (unpaired) electrons. The van der Waals surface area contributed by atoms with Crippen LogP contribution in [0, 0.1) is 19.7 Å². The number of carbonyl (C=O) groups is 1. The third-order valence-electron chi connectivity index (χ3n) is 3.77. The fraction of sp³-hybridized carbons (Fsp3) is 0.278. The molecular formula is C18H20ClFN2O3S. The number of hydrogen-bond donors (Lipinski definition) is 1. The third-order valence-corrected chi connectivity index (χ3v) is 5.24. The Balaban J connectivity index is 2.12. The van der Waals surface area contributed by atoms with Gasteiger partial charge in [-0.2, -0.15) is 0 Å². The van der Waals surface area contributed by atoms with Crippen LogP contribution in [0.15, 0.2) is 36.4 Å². The number of nitrogens with one attached hydrogen (secondary N) is 1. The lowest BCUT2D eigenvalue weighted by atomic mass is 10.1. The fourth-order valence-electron chi connectivity index (χ4n) is 2.55. The smallest absolute Gasteiger partial charge is 0.232 e. The molecule has 0 bridgehead atoms. The fourth-order valence-corrected chi connectivity index (χ4v) is 3.72. The van der Waals surface area contributed by atoms with Crippen LogP contribution in [-0.4, -0.2) is 27.1 Å². The van der Waals surface area contributed by atoms with Crippen LogP contribution in [0.1, 0.15) is 17.5 Å². The van der Waals surface area contributed by atoms with Crippen LogP contribution in [0.25, 0.3) is 0 Å². The van der Waals surface area contributed by atoms with Gasteiger partial charge in [-0.05, 0) is 43.7 Å². The van der Waals surface area contributed by atoms with Gasteiger partial charge in [-0.15, -0.1) is 0 Å². The molecule has 2 aromatic rings. The topological polar surface area (TPSA) is 66.5 Å². The Morgan fingerprint density at radius 1 is 1.19 bits per heavy atom. The Morgan fingerprint density at radius 3 is 2.46 bits per heavy atom. The van der Waals surface area contributed by atoms with E-state index in [1.807, 2.05) is 26.0 Å². The average Bonchev–Trinajstić information content (AvgIpc) is 2.51. The summed E-state index contributed by atoms with van der Waals surface area (Å²) in [7, 11) is -3.55. The minimum atomic E-state index is -3.55. The Hall–Kier alpha value is -2.12. The predicted octanol–water partition coefficient (Wildman–Crippen LogP) is 3.89. The first-order valence-electron chi connectivity index (χ1n) is 7.88. The summed E-state index contributed by atoms with van der Waals surface area (Å²) in [4.78, 5) is 12.1. The van der Waals surface area contributed by atoms with Crippen molar-refractivity contribution in [3.63, 3.8) is 0 Å². The first kappa shape index (κ1) is 20.2. The molecule has 0 spiro atoms. The van der Waals surface area contributed by atoms with Crippen molar-refractivity contribution in [2.75, 3.05) is 22.4 Å². The number of anilines is 2. The molecular weight excluding hydrogens is 379 g/mol. The van der Waals surface area contributed by atoms with Gasteiger partial charge >= 0.3 is 0 Å². The molecule has 0 aliphatic heterocycles. The second-order valence-corrected chi connectivity index (χ2v) is 8.37. The first-order chi connectivity index (χ1) is 12.1. The molecule has 0 fully saturated rings. The lowest BCUT2D eigenvalue weighted by molar-refractivity contribution is -0.116. The van der Waals surface area contributed by atoms with E-state index in [-0.39, 0.29) is 18.0 Å². The van der Waals surface area contributed by atoms with Gasteiger partial charge in [0.25, 0.3) is 0 Å². The van der Waals surface area contributed by atoms with Crippen molar-refractivity contribution in [1.82, 2.24) is 0 Å². The number of rotatable bonds is 6. The summed E-state index contributed by atoms with van der Waals surface area (Å²) in [6, 6.07) is 9.26. The molecule has 0 aromatic heterocycles. The van der Waals surface area contributed by atoms with Gasteiger partial charge in [0.05, 0.1) is 17.0 Å². The van der Waals surface area contributed by atoms with Crippen LogP contribution in [0.5, 0.6) is 0 Å². The van der Waals surface area contributed by atoms with Crippen molar-refractivity contribution < 1.29 is 17.6 Å². The summed E-state index contributed by atoms with van der Waals surface area (Å²) in [6.07, 6.45) is 1.04. The van der Waals surface area contributed by atoms with Crippen LogP contribution < -0.4 is 9.62 Å². The van der Waals surface area contributed by atoms with E-state index in [2.05, 4.69) is 5.32 Å². The van der Waals surface area contributed by atoms with E-state index < -0.39 is 21.7 Å². The largest absolute Gasteiger partial charge is 0.326 e. The summed E-state index contributed by atoms with van der Waals surface area (Å²) < 4.78 is 38.7. The van der Waals surface area contributed by atoms with Gasteiger partial charge in [-0.25, -0.2) is 12.8 Å². The quantitative estimate of drug-likeness (QED) is 0.802. The second kappa shape index (κ2) is 8.05. The summed E-state index contributed by atoms with van der Waals surface area (Å²) in [5.41, 5.74) is 2.71. The predicted molar refractivity (Wildman–Crippen MR) is 103 cm³/mol. The molecule has 2 rings (SSSR count). The molecule has 0 saturated heterocycles. The van der Waals surface area contributed by atoms with E-state index >= 15 is 0 Å². The zero-order valence-corrected chi connectivity index (χ0v) is 16.3. The maximum Gasteiger partial charge on any atom is 0.232 e. The van der Waals surface area contributed by atoms with Crippen LogP contribution in [0.4, 0.5) is 15.8 Å². The highest BCUT2D eigenvalue weighted by molar-refractivity contribution is 7.92. The summed E-state index contributed by atoms with van der Waals surface area (Å²) in [5, 5.41) is 2.48. The molecule has 0 heterocycles. The molecule has 2 aromatic carbocycles. The monoisotopic (exact) mass is 398 g/mol. The minimum Gasteiger partial charge on any atom is -0.326 e. The van der Waals surface area contributed by atoms with Gasteiger partial charge < -0.3 is 5.32 Å². The number of hydrogen-bond acceptors (Lipinski definition) is 3.